The molecule has 5 N–H and O–H groups in total. The van der Waals surface area contributed by atoms with Crippen LogP contribution in [0.25, 0.3) is 0 Å². The molecule has 3 amide bonds. The molecule has 1 unspecified atom stereocenters. The highest BCUT2D eigenvalue weighted by Gasteiger charge is 2.33. The lowest BCUT2D eigenvalue weighted by atomic mass is 10.1. The van der Waals surface area contributed by atoms with Gasteiger partial charge in [0.1, 0.15) is 11.9 Å². The molecular formula is C23H24N10O2. The second-order valence-corrected chi connectivity index (χ2v) is 8.17. The van der Waals surface area contributed by atoms with E-state index in [-0.39, 0.29) is 17.9 Å². The summed E-state index contributed by atoms with van der Waals surface area (Å²) in [5, 5.41) is 24.6. The zero-order valence-corrected chi connectivity index (χ0v) is 18.7. The van der Waals surface area contributed by atoms with Crippen molar-refractivity contribution in [1.82, 2.24) is 26.3 Å². The van der Waals surface area contributed by atoms with Gasteiger partial charge in [-0.05, 0) is 42.2 Å². The molecule has 3 fully saturated rings. The Morgan fingerprint density at radius 1 is 1.17 bits per heavy atom. The minimum absolute atomic E-state index is 0.163. The zero-order chi connectivity index (χ0) is 24.2. The highest BCUT2D eigenvalue weighted by molar-refractivity contribution is 6.12. The van der Waals surface area contributed by atoms with Gasteiger partial charge >= 0.3 is 6.03 Å². The first-order valence-corrected chi connectivity index (χ1v) is 11.2. The maximum absolute atomic E-state index is 11.9. The maximum Gasteiger partial charge on any atom is 0.326 e. The fraction of sp³-hybridized carbons (Fsp3) is 0.261. The predicted molar refractivity (Wildman–Crippen MR) is 133 cm³/mol. The fourth-order valence-electron chi connectivity index (χ4n) is 3.55. The normalized spacial score (nSPS) is 24.8. The number of nitrogens with zero attached hydrogens (tertiary/aromatic N) is 5. The van der Waals surface area contributed by atoms with E-state index in [1.807, 2.05) is 30.3 Å². The van der Waals surface area contributed by atoms with Crippen LogP contribution < -0.4 is 21.3 Å². The molecule has 0 spiro atoms. The Labute approximate surface area is 201 Å². The van der Waals surface area contributed by atoms with Gasteiger partial charge in [0, 0.05) is 18.9 Å². The van der Waals surface area contributed by atoms with Crippen molar-refractivity contribution >= 4 is 48.2 Å². The van der Waals surface area contributed by atoms with Gasteiger partial charge in [-0.1, -0.05) is 18.2 Å². The minimum Gasteiger partial charge on any atom is -0.331 e. The number of carbonyl (C=O) groups is 2. The average Bonchev–Trinajstić information content (AvgIpc) is 3.61. The first-order valence-electron chi connectivity index (χ1n) is 11.2. The quantitative estimate of drug-likeness (QED) is 0.229. The molecule has 1 atom stereocenters. The van der Waals surface area contributed by atoms with Crippen molar-refractivity contribution in [2.75, 3.05) is 0 Å². The van der Waals surface area contributed by atoms with Gasteiger partial charge in [0.05, 0.1) is 24.5 Å². The number of amides is 3. The van der Waals surface area contributed by atoms with E-state index in [0.29, 0.717) is 30.5 Å². The molecule has 1 aromatic rings. The number of imide groups is 1. The first kappa shape index (κ1) is 22.2. The Morgan fingerprint density at radius 3 is 2.80 bits per heavy atom. The lowest BCUT2D eigenvalue weighted by molar-refractivity contribution is -0.115. The molecule has 4 aliphatic rings. The summed E-state index contributed by atoms with van der Waals surface area (Å²) in [6.07, 6.45) is 10.2. The molecule has 3 heterocycles. The number of hydrogen-bond acceptors (Lipinski definition) is 7. The number of rotatable bonds is 7. The minimum atomic E-state index is -0.549. The summed E-state index contributed by atoms with van der Waals surface area (Å²) >= 11 is 0. The molecule has 0 bridgehead atoms. The molecule has 1 saturated carbocycles. The van der Waals surface area contributed by atoms with Crippen LogP contribution in [0.4, 0.5) is 10.5 Å². The van der Waals surface area contributed by atoms with Gasteiger partial charge in [0.15, 0.2) is 5.96 Å². The van der Waals surface area contributed by atoms with Crippen molar-refractivity contribution in [1.29, 1.82) is 5.41 Å². The van der Waals surface area contributed by atoms with Gasteiger partial charge in [0.2, 0.25) is 5.96 Å². The van der Waals surface area contributed by atoms with Crippen molar-refractivity contribution in [3.05, 3.63) is 53.3 Å². The summed E-state index contributed by atoms with van der Waals surface area (Å²) in [7, 11) is 0. The summed E-state index contributed by atoms with van der Waals surface area (Å²) < 4.78 is 0. The van der Waals surface area contributed by atoms with Gasteiger partial charge in [-0.2, -0.15) is 5.10 Å². The number of guanidine groups is 2. The zero-order valence-electron chi connectivity index (χ0n) is 18.7. The monoisotopic (exact) mass is 472 g/mol. The van der Waals surface area contributed by atoms with Gasteiger partial charge in [-0.15, -0.1) is 0 Å². The van der Waals surface area contributed by atoms with Crippen LogP contribution in [-0.4, -0.2) is 59.7 Å². The van der Waals surface area contributed by atoms with Crippen LogP contribution in [0.1, 0.15) is 24.8 Å². The first-order chi connectivity index (χ1) is 17.1. The summed E-state index contributed by atoms with van der Waals surface area (Å²) in [6, 6.07) is 7.44. The second-order valence-electron chi connectivity index (χ2n) is 8.17. The maximum atomic E-state index is 11.9. The molecule has 5 rings (SSSR count). The molecule has 0 radical (unpaired) electrons. The summed E-state index contributed by atoms with van der Waals surface area (Å²) in [5.74, 6) is 0.653. The molecule has 1 aliphatic carbocycles. The third kappa shape index (κ3) is 5.32. The molecule has 12 nitrogen and oxygen atoms in total. The highest BCUT2D eigenvalue weighted by atomic mass is 16.2. The van der Waals surface area contributed by atoms with E-state index in [1.54, 1.807) is 23.5 Å². The van der Waals surface area contributed by atoms with Crippen molar-refractivity contribution in [3.8, 4) is 0 Å². The Kier molecular flexibility index (Phi) is 6.16. The number of carbonyl (C=O) groups excluding carboxylic acids is 2. The molecule has 12 heteroatoms. The standard InChI is InChI=1S/C23H24N10O2/c24-8-3-9-25-17-5-2-1-4-15(17)13-26-21-30-19-11-14(10-18-20(34)31-23(35)29-18)12-27-33(19)22(32-21)28-16-6-7-16/h1-2,4-5,8-12,16,19,24H,3,6-7,13H2,(H2,26,28,30,32)(H2,29,31,34,35). The van der Waals surface area contributed by atoms with Crippen LogP contribution >= 0.6 is 0 Å². The van der Waals surface area contributed by atoms with E-state index in [4.69, 9.17) is 15.4 Å². The van der Waals surface area contributed by atoms with Crippen LogP contribution in [0.2, 0.25) is 0 Å². The van der Waals surface area contributed by atoms with Crippen LogP contribution in [0, 0.1) is 5.41 Å². The Morgan fingerprint density at radius 2 is 2.03 bits per heavy atom. The fourth-order valence-corrected chi connectivity index (χ4v) is 3.55. The number of fused-ring (bicyclic) bond motifs is 1. The van der Waals surface area contributed by atoms with Gasteiger partial charge < -0.3 is 16.0 Å². The van der Waals surface area contributed by atoms with Crippen molar-refractivity contribution in [2.24, 2.45) is 20.1 Å². The van der Waals surface area contributed by atoms with E-state index in [1.165, 1.54) is 6.21 Å². The lowest BCUT2D eigenvalue weighted by Crippen LogP contribution is -2.63. The average molecular weight is 473 g/mol. The SMILES string of the molecule is N=CCC=Nc1ccccc1CN=C1NC(=NC2CC2)N2N=CC(C=C3NC(=O)NC3=O)=CC2N1. The van der Waals surface area contributed by atoms with Crippen LogP contribution in [0.15, 0.2) is 67.8 Å². The smallest absolute Gasteiger partial charge is 0.326 e. The van der Waals surface area contributed by atoms with Crippen LogP contribution in [0.3, 0.4) is 0 Å². The largest absolute Gasteiger partial charge is 0.331 e. The van der Waals surface area contributed by atoms with Crippen molar-refractivity contribution in [2.45, 2.75) is 38.0 Å². The summed E-state index contributed by atoms with van der Waals surface area (Å²) in [5.41, 5.74) is 2.56. The van der Waals surface area contributed by atoms with Gasteiger partial charge in [-0.3, -0.25) is 20.4 Å². The van der Waals surface area contributed by atoms with Crippen LogP contribution in [0.5, 0.6) is 0 Å². The van der Waals surface area contributed by atoms with E-state index >= 15 is 0 Å². The third-order valence-corrected chi connectivity index (χ3v) is 5.41. The third-order valence-electron chi connectivity index (χ3n) is 5.41. The molecule has 1 aromatic carbocycles. The Hall–Kier alpha value is -4.61. The number of hydrazone groups is 1. The number of benzene rings is 1. The second kappa shape index (κ2) is 9.71. The molecule has 35 heavy (non-hydrogen) atoms. The molecule has 2 saturated heterocycles. The number of allylic oxidation sites excluding steroid dienone is 2. The molecule has 178 valence electrons. The number of urea groups is 1. The van der Waals surface area contributed by atoms with Gasteiger partial charge in [-0.25, -0.2) is 19.8 Å². The van der Waals surface area contributed by atoms with Gasteiger partial charge in [0.25, 0.3) is 5.91 Å². The number of hydrogen-bond donors (Lipinski definition) is 5. The Balaban J connectivity index is 1.37. The topological polar surface area (TPSA) is 159 Å². The number of aliphatic imine (C=N–C) groups is 3. The highest BCUT2D eigenvalue weighted by Crippen LogP contribution is 2.25. The Bertz CT molecular complexity index is 1240. The molecular weight excluding hydrogens is 448 g/mol. The summed E-state index contributed by atoms with van der Waals surface area (Å²) in [4.78, 5) is 37.2. The van der Waals surface area contributed by atoms with Crippen molar-refractivity contribution in [3.63, 3.8) is 0 Å². The van der Waals surface area contributed by atoms with Crippen LogP contribution in [-0.2, 0) is 11.3 Å². The molecule has 3 aliphatic heterocycles. The summed E-state index contributed by atoms with van der Waals surface area (Å²) in [6.45, 7) is 0.382. The predicted octanol–water partition coefficient (Wildman–Crippen LogP) is 1.27. The lowest BCUT2D eigenvalue weighted by Gasteiger charge is -2.37. The van der Waals surface area contributed by atoms with Crippen molar-refractivity contribution < 1.29 is 9.59 Å². The van der Waals surface area contributed by atoms with E-state index in [9.17, 15) is 9.59 Å². The molecule has 0 aromatic heterocycles. The van der Waals surface area contributed by atoms with E-state index < -0.39 is 11.9 Å². The van der Waals surface area contributed by atoms with E-state index in [0.717, 1.165) is 24.1 Å². The van der Waals surface area contributed by atoms with E-state index in [2.05, 4.69) is 31.4 Å². The number of nitrogens with one attached hydrogen (secondary N) is 5. The number of para-hydroxylation sites is 1.